The van der Waals surface area contributed by atoms with Crippen LogP contribution in [-0.4, -0.2) is 45.5 Å². The van der Waals surface area contributed by atoms with Gasteiger partial charge in [0.25, 0.3) is 0 Å². The van der Waals surface area contributed by atoms with Crippen LogP contribution < -0.4 is 4.90 Å². The summed E-state index contributed by atoms with van der Waals surface area (Å²) in [7, 11) is 0. The Hall–Kier alpha value is -3.76. The van der Waals surface area contributed by atoms with Gasteiger partial charge in [0.05, 0.1) is 35.1 Å². The molecule has 1 aliphatic heterocycles. The molecule has 2 aromatic heterocycles. The van der Waals surface area contributed by atoms with E-state index in [1.165, 1.54) is 0 Å². The maximum atomic E-state index is 9.22. The lowest BCUT2D eigenvalue weighted by atomic mass is 10.0. The van der Waals surface area contributed by atoms with Crippen LogP contribution >= 0.6 is 0 Å². The van der Waals surface area contributed by atoms with Gasteiger partial charge in [-0.25, -0.2) is 9.97 Å². The fourth-order valence-corrected chi connectivity index (χ4v) is 4.17. The maximum Gasteiger partial charge on any atom is 0.132 e. The number of aromatic amines is 1. The average molecular weight is 410 g/mol. The van der Waals surface area contributed by atoms with Gasteiger partial charge in [0, 0.05) is 24.5 Å². The van der Waals surface area contributed by atoms with Crippen molar-refractivity contribution in [3.05, 3.63) is 60.4 Å². The summed E-state index contributed by atoms with van der Waals surface area (Å²) in [5.41, 5.74) is 5.14. The van der Waals surface area contributed by atoms with E-state index < -0.39 is 0 Å². The summed E-state index contributed by atoms with van der Waals surface area (Å²) >= 11 is 0. The zero-order chi connectivity index (χ0) is 21.4. The molecular weight excluding hydrogens is 388 g/mol. The van der Waals surface area contributed by atoms with Gasteiger partial charge in [-0.15, -0.1) is 0 Å². The molecule has 1 N–H and O–H groups in total. The van der Waals surface area contributed by atoms with Gasteiger partial charge in [-0.1, -0.05) is 18.2 Å². The molecule has 2 aromatic carbocycles. The summed E-state index contributed by atoms with van der Waals surface area (Å²) < 4.78 is 5.85. The van der Waals surface area contributed by atoms with Crippen molar-refractivity contribution in [2.24, 2.45) is 0 Å². The molecule has 154 valence electrons. The van der Waals surface area contributed by atoms with Crippen LogP contribution in [0, 0.1) is 11.3 Å². The number of anilines is 1. The van der Waals surface area contributed by atoms with Crippen molar-refractivity contribution in [1.29, 1.82) is 5.26 Å². The average Bonchev–Trinajstić information content (AvgIpc) is 3.22. The summed E-state index contributed by atoms with van der Waals surface area (Å²) in [5.74, 6) is 0.876. The second-order valence-corrected chi connectivity index (χ2v) is 7.95. The lowest BCUT2D eigenvalue weighted by Crippen LogP contribution is -2.45. The molecule has 0 spiro atoms. The third-order valence-electron chi connectivity index (χ3n) is 5.53. The Labute approximate surface area is 180 Å². The lowest BCUT2D eigenvalue weighted by Gasteiger charge is -2.36. The number of hydrogen-bond donors (Lipinski definition) is 1. The second kappa shape index (κ2) is 7.82. The first-order valence-electron chi connectivity index (χ1n) is 10.3. The Bertz CT molecular complexity index is 1280. The van der Waals surface area contributed by atoms with Gasteiger partial charge >= 0.3 is 0 Å². The predicted octanol–water partition coefficient (Wildman–Crippen LogP) is 4.17. The van der Waals surface area contributed by atoms with Gasteiger partial charge in [0.15, 0.2) is 0 Å². The van der Waals surface area contributed by atoms with Crippen LogP contribution in [0.3, 0.4) is 0 Å². The van der Waals surface area contributed by atoms with Crippen molar-refractivity contribution in [3.8, 4) is 28.6 Å². The van der Waals surface area contributed by atoms with Gasteiger partial charge in [-0.3, -0.25) is 5.10 Å². The molecule has 0 bridgehead atoms. The molecule has 0 amide bonds. The van der Waals surface area contributed by atoms with E-state index in [-0.39, 0.29) is 12.2 Å². The van der Waals surface area contributed by atoms with E-state index in [0.29, 0.717) is 5.56 Å². The van der Waals surface area contributed by atoms with Crippen molar-refractivity contribution < 1.29 is 4.74 Å². The first kappa shape index (κ1) is 19.2. The highest BCUT2D eigenvalue weighted by atomic mass is 16.5. The molecule has 4 aromatic rings. The van der Waals surface area contributed by atoms with Crippen molar-refractivity contribution >= 4 is 16.7 Å². The summed E-state index contributed by atoms with van der Waals surface area (Å²) in [6.07, 6.45) is 1.90. The van der Waals surface area contributed by atoms with Crippen LogP contribution in [0.4, 0.5) is 5.82 Å². The number of aromatic nitrogens is 4. The zero-order valence-electron chi connectivity index (χ0n) is 17.4. The normalized spacial score (nSPS) is 18.8. The van der Waals surface area contributed by atoms with Gasteiger partial charge in [0.1, 0.15) is 17.8 Å². The van der Waals surface area contributed by atoms with E-state index >= 15 is 0 Å². The highest BCUT2D eigenvalue weighted by Crippen LogP contribution is 2.31. The summed E-state index contributed by atoms with van der Waals surface area (Å²) in [6.45, 7) is 5.74. The molecule has 0 saturated carbocycles. The molecule has 1 aliphatic rings. The quantitative estimate of drug-likeness (QED) is 0.545. The number of benzene rings is 2. The summed E-state index contributed by atoms with van der Waals surface area (Å²) in [4.78, 5) is 11.2. The smallest absolute Gasteiger partial charge is 0.132 e. The molecule has 5 rings (SSSR count). The summed E-state index contributed by atoms with van der Waals surface area (Å²) in [5, 5.41) is 17.8. The Morgan fingerprint density at radius 1 is 1.03 bits per heavy atom. The highest BCUT2D eigenvalue weighted by Gasteiger charge is 2.24. The number of H-pyrrole nitrogens is 1. The number of fused-ring (bicyclic) bond motifs is 1. The standard InChI is InChI=1S/C24H22N6O/c1-15-12-30(13-16(2)31-15)23-10-22(26-14-27-23)24-20-9-19(6-7-21(20)28-29-24)18-5-3-4-17(8-18)11-25/h3-10,14-16H,12-13H2,1-2H3,(H,28,29)/t15-,16+. The molecule has 1 saturated heterocycles. The van der Waals surface area contributed by atoms with E-state index in [1.54, 1.807) is 12.4 Å². The number of morpholine rings is 1. The van der Waals surface area contributed by atoms with Gasteiger partial charge in [0.2, 0.25) is 0 Å². The monoisotopic (exact) mass is 410 g/mol. The summed E-state index contributed by atoms with van der Waals surface area (Å²) in [6, 6.07) is 17.9. The van der Waals surface area contributed by atoms with E-state index in [0.717, 1.165) is 52.3 Å². The molecule has 31 heavy (non-hydrogen) atoms. The predicted molar refractivity (Wildman–Crippen MR) is 119 cm³/mol. The Morgan fingerprint density at radius 2 is 1.84 bits per heavy atom. The van der Waals surface area contributed by atoms with E-state index in [1.807, 2.05) is 36.4 Å². The van der Waals surface area contributed by atoms with Crippen LogP contribution in [0.25, 0.3) is 33.4 Å². The van der Waals surface area contributed by atoms with Crippen molar-refractivity contribution in [1.82, 2.24) is 20.2 Å². The second-order valence-electron chi connectivity index (χ2n) is 7.95. The molecular formula is C24H22N6O. The van der Waals surface area contributed by atoms with Crippen LogP contribution in [0.2, 0.25) is 0 Å². The minimum absolute atomic E-state index is 0.153. The highest BCUT2D eigenvalue weighted by molar-refractivity contribution is 5.95. The van der Waals surface area contributed by atoms with Gasteiger partial charge in [-0.05, 0) is 49.2 Å². The van der Waals surface area contributed by atoms with Crippen LogP contribution in [-0.2, 0) is 4.74 Å². The number of rotatable bonds is 3. The van der Waals surface area contributed by atoms with Crippen LogP contribution in [0.1, 0.15) is 19.4 Å². The molecule has 0 radical (unpaired) electrons. The third kappa shape index (κ3) is 3.74. The minimum Gasteiger partial charge on any atom is -0.372 e. The molecule has 2 atom stereocenters. The van der Waals surface area contributed by atoms with E-state index in [2.05, 4.69) is 51.0 Å². The number of hydrogen-bond acceptors (Lipinski definition) is 6. The van der Waals surface area contributed by atoms with Crippen molar-refractivity contribution in [3.63, 3.8) is 0 Å². The third-order valence-corrected chi connectivity index (χ3v) is 5.53. The Balaban J connectivity index is 1.54. The maximum absolute atomic E-state index is 9.22. The SMILES string of the molecule is C[C@@H]1CN(c2cc(-c3n[nH]c4ccc(-c5cccc(C#N)c5)cc34)ncn2)C[C@H](C)O1. The largest absolute Gasteiger partial charge is 0.372 e. The molecule has 3 heterocycles. The fraction of sp³-hybridized carbons (Fsp3) is 0.250. The molecule has 7 nitrogen and oxygen atoms in total. The first-order chi connectivity index (χ1) is 15.1. The number of nitrogens with one attached hydrogen (secondary N) is 1. The molecule has 0 aliphatic carbocycles. The molecule has 7 heteroatoms. The lowest BCUT2D eigenvalue weighted by molar-refractivity contribution is -0.00546. The minimum atomic E-state index is 0.153. The van der Waals surface area contributed by atoms with Crippen LogP contribution in [0.15, 0.2) is 54.9 Å². The van der Waals surface area contributed by atoms with E-state index in [9.17, 15) is 5.26 Å². The number of ether oxygens (including phenoxy) is 1. The topological polar surface area (TPSA) is 90.7 Å². The van der Waals surface area contributed by atoms with Crippen molar-refractivity contribution in [2.45, 2.75) is 26.1 Å². The number of nitrogens with zero attached hydrogens (tertiary/aromatic N) is 5. The molecule has 0 unspecified atom stereocenters. The van der Waals surface area contributed by atoms with E-state index in [4.69, 9.17) is 4.74 Å². The molecule has 1 fully saturated rings. The van der Waals surface area contributed by atoms with Crippen LogP contribution in [0.5, 0.6) is 0 Å². The van der Waals surface area contributed by atoms with Gasteiger partial charge < -0.3 is 9.64 Å². The van der Waals surface area contributed by atoms with Gasteiger partial charge in [-0.2, -0.15) is 10.4 Å². The Kier molecular flexibility index (Phi) is 4.85. The Morgan fingerprint density at radius 3 is 2.65 bits per heavy atom. The fourth-order valence-electron chi connectivity index (χ4n) is 4.17. The number of nitriles is 1. The van der Waals surface area contributed by atoms with Crippen molar-refractivity contribution in [2.75, 3.05) is 18.0 Å². The zero-order valence-corrected chi connectivity index (χ0v) is 17.4. The first-order valence-corrected chi connectivity index (χ1v) is 10.3.